The van der Waals surface area contributed by atoms with Crippen molar-refractivity contribution in [3.8, 4) is 0 Å². The Morgan fingerprint density at radius 2 is 1.89 bits per heavy atom. The van der Waals surface area contributed by atoms with Crippen LogP contribution in [-0.2, 0) is 6.18 Å². The van der Waals surface area contributed by atoms with E-state index in [1.165, 1.54) is 24.3 Å². The summed E-state index contributed by atoms with van der Waals surface area (Å²) in [5, 5.41) is 12.0. The maximum atomic E-state index is 12.8. The molecule has 1 N–H and O–H groups in total. The van der Waals surface area contributed by atoms with E-state index < -0.39 is 17.8 Å². The smallest absolute Gasteiger partial charge is 0.383 e. The largest absolute Gasteiger partial charge is 0.416 e. The average molecular weight is 293 g/mol. The molecule has 96 valence electrons. The van der Waals surface area contributed by atoms with Gasteiger partial charge in [0.05, 0.1) is 10.6 Å². The van der Waals surface area contributed by atoms with Crippen LogP contribution in [-0.4, -0.2) is 5.11 Å². The molecule has 0 aliphatic carbocycles. The van der Waals surface area contributed by atoms with Crippen molar-refractivity contribution >= 4 is 22.9 Å². The summed E-state index contributed by atoms with van der Waals surface area (Å²) in [7, 11) is 0. The minimum atomic E-state index is -4.49. The van der Waals surface area contributed by atoms with Gasteiger partial charge in [0.25, 0.3) is 0 Å². The topological polar surface area (TPSA) is 20.2 Å². The van der Waals surface area contributed by atoms with Crippen LogP contribution in [0.2, 0.25) is 5.02 Å². The second kappa shape index (κ2) is 4.91. The Bertz CT molecular complexity index is 550. The molecule has 0 bridgehead atoms. The van der Waals surface area contributed by atoms with Crippen molar-refractivity contribution in [3.63, 3.8) is 0 Å². The third-order valence-corrected chi connectivity index (χ3v) is 3.75. The van der Waals surface area contributed by atoms with Gasteiger partial charge in [0, 0.05) is 10.3 Å². The number of aliphatic hydroxyl groups is 1. The standard InChI is InChI=1S/C12H8ClF3OS/c13-7-5-10(18-6-7)11(17)8-3-1-2-4-9(8)12(14,15)16/h1-6,11,17H. The molecule has 1 unspecified atom stereocenters. The van der Waals surface area contributed by atoms with Gasteiger partial charge in [0.2, 0.25) is 0 Å². The minimum absolute atomic E-state index is 0.163. The SMILES string of the molecule is OC(c1cc(Cl)cs1)c1ccccc1C(F)(F)F. The van der Waals surface area contributed by atoms with Crippen molar-refractivity contribution in [3.05, 3.63) is 56.7 Å². The highest BCUT2D eigenvalue weighted by molar-refractivity contribution is 7.10. The van der Waals surface area contributed by atoms with Crippen molar-refractivity contribution in [2.24, 2.45) is 0 Å². The van der Waals surface area contributed by atoms with E-state index in [1.807, 2.05) is 0 Å². The number of hydrogen-bond acceptors (Lipinski definition) is 2. The van der Waals surface area contributed by atoms with E-state index in [0.717, 1.165) is 17.4 Å². The van der Waals surface area contributed by atoms with E-state index in [1.54, 1.807) is 5.38 Å². The molecule has 2 rings (SSSR count). The highest BCUT2D eigenvalue weighted by atomic mass is 35.5. The van der Waals surface area contributed by atoms with Gasteiger partial charge in [-0.05, 0) is 17.7 Å². The fourth-order valence-corrected chi connectivity index (χ4v) is 2.70. The number of aliphatic hydroxyl groups excluding tert-OH is 1. The van der Waals surface area contributed by atoms with Crippen LogP contribution in [0.1, 0.15) is 22.1 Å². The molecule has 18 heavy (non-hydrogen) atoms. The van der Waals surface area contributed by atoms with Crippen molar-refractivity contribution in [1.82, 2.24) is 0 Å². The Labute approximate surface area is 110 Å². The maximum absolute atomic E-state index is 12.8. The molecule has 0 aliphatic rings. The van der Waals surface area contributed by atoms with Crippen LogP contribution in [0, 0.1) is 0 Å². The lowest BCUT2D eigenvalue weighted by atomic mass is 10.0. The van der Waals surface area contributed by atoms with E-state index >= 15 is 0 Å². The summed E-state index contributed by atoms with van der Waals surface area (Å²) < 4.78 is 38.4. The first-order chi connectivity index (χ1) is 8.39. The van der Waals surface area contributed by atoms with Gasteiger partial charge in [-0.1, -0.05) is 29.8 Å². The lowest BCUT2D eigenvalue weighted by Gasteiger charge is -2.16. The second-order valence-corrected chi connectivity index (χ2v) is 5.03. The second-order valence-electron chi connectivity index (χ2n) is 3.65. The predicted molar refractivity (Wildman–Crippen MR) is 64.8 cm³/mol. The van der Waals surface area contributed by atoms with Crippen molar-refractivity contribution in [1.29, 1.82) is 0 Å². The first-order valence-corrected chi connectivity index (χ1v) is 6.23. The van der Waals surface area contributed by atoms with Crippen molar-refractivity contribution in [2.45, 2.75) is 12.3 Å². The average Bonchev–Trinajstić information content (AvgIpc) is 2.74. The molecule has 1 aromatic heterocycles. The summed E-state index contributed by atoms with van der Waals surface area (Å²) in [4.78, 5) is 0.386. The summed E-state index contributed by atoms with van der Waals surface area (Å²) in [6.07, 6.45) is -5.81. The van der Waals surface area contributed by atoms with Crippen LogP contribution < -0.4 is 0 Å². The first-order valence-electron chi connectivity index (χ1n) is 4.97. The molecular weight excluding hydrogens is 285 g/mol. The van der Waals surface area contributed by atoms with Crippen molar-refractivity contribution in [2.75, 3.05) is 0 Å². The van der Waals surface area contributed by atoms with Crippen LogP contribution >= 0.6 is 22.9 Å². The number of benzene rings is 1. The summed E-state index contributed by atoms with van der Waals surface area (Å²) in [5.74, 6) is 0. The van der Waals surface area contributed by atoms with Crippen LogP contribution in [0.5, 0.6) is 0 Å². The fourth-order valence-electron chi connectivity index (χ4n) is 1.62. The molecule has 6 heteroatoms. The molecule has 0 saturated carbocycles. The van der Waals surface area contributed by atoms with E-state index in [4.69, 9.17) is 11.6 Å². The molecule has 1 heterocycles. The molecule has 0 spiro atoms. The molecule has 2 aromatic rings. The quantitative estimate of drug-likeness (QED) is 0.864. The van der Waals surface area contributed by atoms with Gasteiger partial charge in [-0.25, -0.2) is 0 Å². The van der Waals surface area contributed by atoms with Gasteiger partial charge in [-0.15, -0.1) is 11.3 Å². The molecule has 0 amide bonds. The monoisotopic (exact) mass is 292 g/mol. The Morgan fingerprint density at radius 1 is 1.22 bits per heavy atom. The summed E-state index contributed by atoms with van der Waals surface area (Å²) in [6.45, 7) is 0. The number of alkyl halides is 3. The third-order valence-electron chi connectivity index (χ3n) is 2.42. The molecule has 1 atom stereocenters. The molecular formula is C12H8ClF3OS. The summed E-state index contributed by atoms with van der Waals surface area (Å²) >= 11 is 6.82. The number of halogens is 4. The fraction of sp³-hybridized carbons (Fsp3) is 0.167. The van der Waals surface area contributed by atoms with Gasteiger partial charge in [0.1, 0.15) is 6.10 Å². The Hall–Kier alpha value is -1.04. The normalized spacial score (nSPS) is 13.6. The Morgan fingerprint density at radius 3 is 2.44 bits per heavy atom. The molecule has 0 saturated heterocycles. The number of hydrogen-bond donors (Lipinski definition) is 1. The highest BCUT2D eigenvalue weighted by Crippen LogP contribution is 2.38. The maximum Gasteiger partial charge on any atom is 0.416 e. The van der Waals surface area contributed by atoms with Gasteiger partial charge < -0.3 is 5.11 Å². The summed E-state index contributed by atoms with van der Waals surface area (Å²) in [6, 6.07) is 6.43. The molecule has 1 aromatic carbocycles. The van der Waals surface area contributed by atoms with Gasteiger partial charge in [0.15, 0.2) is 0 Å². The number of rotatable bonds is 2. The minimum Gasteiger partial charge on any atom is -0.383 e. The molecule has 0 fully saturated rings. The van der Waals surface area contributed by atoms with E-state index in [0.29, 0.717) is 9.90 Å². The summed E-state index contributed by atoms with van der Waals surface area (Å²) in [5.41, 5.74) is -0.995. The van der Waals surface area contributed by atoms with Crippen molar-refractivity contribution < 1.29 is 18.3 Å². The third kappa shape index (κ3) is 2.68. The first kappa shape index (κ1) is 13.4. The number of thiophene rings is 1. The van der Waals surface area contributed by atoms with E-state index in [2.05, 4.69) is 0 Å². The highest BCUT2D eigenvalue weighted by Gasteiger charge is 2.35. The molecule has 0 aliphatic heterocycles. The van der Waals surface area contributed by atoms with E-state index in [9.17, 15) is 18.3 Å². The van der Waals surface area contributed by atoms with Gasteiger partial charge >= 0.3 is 6.18 Å². The zero-order valence-corrected chi connectivity index (χ0v) is 10.5. The molecule has 1 nitrogen and oxygen atoms in total. The van der Waals surface area contributed by atoms with Crippen LogP contribution in [0.3, 0.4) is 0 Å². The lowest BCUT2D eigenvalue weighted by molar-refractivity contribution is -0.138. The van der Waals surface area contributed by atoms with E-state index in [-0.39, 0.29) is 5.56 Å². The Kier molecular flexibility index (Phi) is 3.66. The zero-order chi connectivity index (χ0) is 13.3. The zero-order valence-electron chi connectivity index (χ0n) is 8.91. The predicted octanol–water partition coefficient (Wildman–Crippen LogP) is 4.50. The van der Waals surface area contributed by atoms with Crippen LogP contribution in [0.25, 0.3) is 0 Å². The molecule has 0 radical (unpaired) electrons. The van der Waals surface area contributed by atoms with Crippen LogP contribution in [0.4, 0.5) is 13.2 Å². The van der Waals surface area contributed by atoms with Gasteiger partial charge in [-0.2, -0.15) is 13.2 Å². The lowest BCUT2D eigenvalue weighted by Crippen LogP contribution is -2.11. The van der Waals surface area contributed by atoms with Crippen LogP contribution in [0.15, 0.2) is 35.7 Å². The Balaban J connectivity index is 2.45. The van der Waals surface area contributed by atoms with Gasteiger partial charge in [-0.3, -0.25) is 0 Å².